The highest BCUT2D eigenvalue weighted by Gasteiger charge is 2.30. The molecule has 0 saturated heterocycles. The van der Waals surface area contributed by atoms with Gasteiger partial charge in [-0.1, -0.05) is 6.92 Å². The van der Waals surface area contributed by atoms with Gasteiger partial charge >= 0.3 is 6.03 Å². The highest BCUT2D eigenvalue weighted by molar-refractivity contribution is 5.96. The highest BCUT2D eigenvalue weighted by atomic mass is 16.3. The van der Waals surface area contributed by atoms with Crippen molar-refractivity contribution in [2.75, 3.05) is 7.05 Å². The second kappa shape index (κ2) is 2.50. The molecule has 2 atom stereocenters. The summed E-state index contributed by atoms with van der Waals surface area (Å²) in [5.74, 6) is -0.0849. The number of urea groups is 1. The van der Waals surface area contributed by atoms with Crippen LogP contribution in [-0.4, -0.2) is 35.1 Å². The Morgan fingerprint density at radius 1 is 1.73 bits per heavy atom. The van der Waals surface area contributed by atoms with Crippen LogP contribution < -0.4 is 5.73 Å². The van der Waals surface area contributed by atoms with Crippen LogP contribution in [0.5, 0.6) is 0 Å². The number of rotatable bonds is 0. The van der Waals surface area contributed by atoms with Crippen LogP contribution in [-0.2, 0) is 0 Å². The lowest BCUT2D eigenvalue weighted by Gasteiger charge is -2.30. The van der Waals surface area contributed by atoms with Gasteiger partial charge in [0.1, 0.15) is 12.1 Å². The maximum absolute atomic E-state index is 10.9. The second-order valence-electron chi connectivity index (χ2n) is 2.63. The van der Waals surface area contributed by atoms with Crippen molar-refractivity contribution in [1.29, 1.82) is 0 Å². The molecule has 0 aliphatic carbocycles. The van der Waals surface area contributed by atoms with Gasteiger partial charge in [-0.05, 0) is 0 Å². The molecule has 2 unspecified atom stereocenters. The summed E-state index contributed by atoms with van der Waals surface area (Å²) in [6.45, 7) is 1.71. The number of amidine groups is 1. The van der Waals surface area contributed by atoms with Gasteiger partial charge in [0.05, 0.1) is 5.92 Å². The van der Waals surface area contributed by atoms with Gasteiger partial charge in [-0.2, -0.15) is 4.99 Å². The summed E-state index contributed by atoms with van der Waals surface area (Å²) in [6.07, 6.45) is -0.847. The molecule has 3 N–H and O–H groups in total. The Morgan fingerprint density at radius 3 is 2.82 bits per heavy atom. The van der Waals surface area contributed by atoms with Gasteiger partial charge in [-0.25, -0.2) is 4.79 Å². The summed E-state index contributed by atoms with van der Waals surface area (Å²) in [4.78, 5) is 15.5. The second-order valence-corrected chi connectivity index (χ2v) is 2.63. The number of amides is 2. The molecule has 0 bridgehead atoms. The van der Waals surface area contributed by atoms with E-state index in [0.29, 0.717) is 0 Å². The number of carbonyl (C=O) groups excluding carboxylic acids is 1. The highest BCUT2D eigenvalue weighted by Crippen LogP contribution is 2.13. The molecule has 62 valence electrons. The van der Waals surface area contributed by atoms with E-state index in [1.165, 1.54) is 7.05 Å². The summed E-state index contributed by atoms with van der Waals surface area (Å²) in [7, 11) is 1.49. The monoisotopic (exact) mass is 157 g/mol. The van der Waals surface area contributed by atoms with Gasteiger partial charge in [-0.15, -0.1) is 0 Å². The van der Waals surface area contributed by atoms with Gasteiger partial charge in [0.2, 0.25) is 0 Å². The van der Waals surface area contributed by atoms with E-state index in [9.17, 15) is 9.90 Å². The van der Waals surface area contributed by atoms with Crippen molar-refractivity contribution in [3.63, 3.8) is 0 Å². The number of carbonyl (C=O) groups is 1. The number of hydrogen-bond donors (Lipinski definition) is 2. The average Bonchev–Trinajstić information content (AvgIpc) is 1.97. The van der Waals surface area contributed by atoms with E-state index in [2.05, 4.69) is 4.99 Å². The summed E-state index contributed by atoms with van der Waals surface area (Å²) in [5, 5.41) is 9.33. The topological polar surface area (TPSA) is 78.9 Å². The molecule has 0 spiro atoms. The first-order valence-electron chi connectivity index (χ1n) is 3.33. The molecule has 1 aliphatic heterocycles. The van der Waals surface area contributed by atoms with Crippen LogP contribution in [0.3, 0.4) is 0 Å². The fraction of sp³-hybridized carbons (Fsp3) is 0.667. The van der Waals surface area contributed by atoms with Crippen LogP contribution in [0.4, 0.5) is 4.79 Å². The van der Waals surface area contributed by atoms with Crippen molar-refractivity contribution in [3.05, 3.63) is 0 Å². The summed E-state index contributed by atoms with van der Waals surface area (Å²) < 4.78 is 0. The summed E-state index contributed by atoms with van der Waals surface area (Å²) >= 11 is 0. The van der Waals surface area contributed by atoms with Gasteiger partial charge in [0.25, 0.3) is 0 Å². The van der Waals surface area contributed by atoms with E-state index >= 15 is 0 Å². The summed E-state index contributed by atoms with van der Waals surface area (Å²) in [5.41, 5.74) is 5.36. The molecule has 0 aromatic carbocycles. The first-order valence-corrected chi connectivity index (χ1v) is 3.33. The molecule has 0 aromatic rings. The maximum atomic E-state index is 10.9. The van der Waals surface area contributed by atoms with Gasteiger partial charge in [0.15, 0.2) is 0 Å². The number of aliphatic imine (C=N–C) groups is 1. The first-order chi connectivity index (χ1) is 5.04. The molecule has 5 nitrogen and oxygen atoms in total. The minimum atomic E-state index is -0.847. The molecule has 0 radical (unpaired) electrons. The molecule has 0 saturated carbocycles. The molecule has 0 aromatic heterocycles. The van der Waals surface area contributed by atoms with Gasteiger partial charge in [0, 0.05) is 7.05 Å². The zero-order chi connectivity index (χ0) is 8.59. The third-order valence-corrected chi connectivity index (χ3v) is 1.84. The minimum absolute atomic E-state index is 0.195. The Morgan fingerprint density at radius 2 is 2.27 bits per heavy atom. The molecule has 0 fully saturated rings. The van der Waals surface area contributed by atoms with E-state index in [0.717, 1.165) is 4.90 Å². The van der Waals surface area contributed by atoms with Crippen molar-refractivity contribution >= 4 is 11.9 Å². The third-order valence-electron chi connectivity index (χ3n) is 1.84. The minimum Gasteiger partial charge on any atom is -0.387 e. The zero-order valence-electron chi connectivity index (χ0n) is 6.48. The Kier molecular flexibility index (Phi) is 1.82. The van der Waals surface area contributed by atoms with Crippen LogP contribution >= 0.6 is 0 Å². The third kappa shape index (κ3) is 1.19. The molecular weight excluding hydrogens is 146 g/mol. The fourth-order valence-electron chi connectivity index (χ4n) is 0.892. The fourth-order valence-corrected chi connectivity index (χ4v) is 0.892. The van der Waals surface area contributed by atoms with Crippen LogP contribution in [0.2, 0.25) is 0 Å². The maximum Gasteiger partial charge on any atom is 0.347 e. The molecule has 1 aliphatic rings. The molecule has 5 heteroatoms. The van der Waals surface area contributed by atoms with Crippen molar-refractivity contribution < 1.29 is 9.90 Å². The lowest BCUT2D eigenvalue weighted by Crippen LogP contribution is -2.49. The molecular formula is C6H11N3O2. The normalized spacial score (nSPS) is 32.1. The van der Waals surface area contributed by atoms with Crippen molar-refractivity contribution in [2.45, 2.75) is 13.2 Å². The molecule has 1 rings (SSSR count). The van der Waals surface area contributed by atoms with Crippen LogP contribution in [0.25, 0.3) is 0 Å². The van der Waals surface area contributed by atoms with Crippen molar-refractivity contribution in [2.24, 2.45) is 16.6 Å². The predicted octanol–water partition coefficient (Wildman–Crippen LogP) is -0.637. The number of nitrogens with two attached hydrogens (primary N) is 1. The van der Waals surface area contributed by atoms with E-state index < -0.39 is 12.3 Å². The first kappa shape index (κ1) is 8.00. The number of hydrogen-bond acceptors (Lipinski definition) is 3. The standard InChI is InChI=1S/C6H11N3O2/c1-3-4(7)8-6(11)9(2)5(3)10/h3,5,10H,1-2H3,(H2,7,8,11). The Balaban J connectivity index is 2.92. The lowest BCUT2D eigenvalue weighted by atomic mass is 10.1. The molecule has 1 heterocycles. The predicted molar refractivity (Wildman–Crippen MR) is 40.0 cm³/mol. The Bertz CT molecular complexity index is 214. The largest absolute Gasteiger partial charge is 0.387 e. The van der Waals surface area contributed by atoms with Crippen molar-refractivity contribution in [3.8, 4) is 0 Å². The Labute approximate surface area is 64.5 Å². The van der Waals surface area contributed by atoms with E-state index in [1.807, 2.05) is 0 Å². The summed E-state index contributed by atoms with van der Waals surface area (Å²) in [6, 6.07) is -0.492. The number of nitrogens with zero attached hydrogens (tertiary/aromatic N) is 2. The Hall–Kier alpha value is -1.10. The van der Waals surface area contributed by atoms with Gasteiger partial charge < -0.3 is 10.8 Å². The van der Waals surface area contributed by atoms with E-state index in [-0.39, 0.29) is 11.8 Å². The quantitative estimate of drug-likeness (QED) is 0.491. The number of aliphatic hydroxyl groups is 1. The van der Waals surface area contributed by atoms with E-state index in [1.54, 1.807) is 6.92 Å². The van der Waals surface area contributed by atoms with Crippen LogP contribution in [0.1, 0.15) is 6.92 Å². The zero-order valence-corrected chi connectivity index (χ0v) is 6.48. The van der Waals surface area contributed by atoms with E-state index in [4.69, 9.17) is 5.73 Å². The smallest absolute Gasteiger partial charge is 0.347 e. The average molecular weight is 157 g/mol. The lowest BCUT2D eigenvalue weighted by molar-refractivity contribution is 0.0227. The number of aliphatic hydroxyl groups excluding tert-OH is 1. The molecule has 11 heavy (non-hydrogen) atoms. The van der Waals surface area contributed by atoms with Gasteiger partial charge in [-0.3, -0.25) is 4.90 Å². The molecule has 2 amide bonds. The van der Waals surface area contributed by atoms with Crippen LogP contribution in [0, 0.1) is 5.92 Å². The van der Waals surface area contributed by atoms with Crippen LogP contribution in [0.15, 0.2) is 4.99 Å². The van der Waals surface area contributed by atoms with Crippen molar-refractivity contribution in [1.82, 2.24) is 4.90 Å². The SMILES string of the molecule is CC1C(N)=NC(=O)N(C)C1O.